The molecule has 6 N–H and O–H groups in total. The number of anilines is 2. The summed E-state index contributed by atoms with van der Waals surface area (Å²) >= 11 is 5.83. The van der Waals surface area contributed by atoms with E-state index in [2.05, 4.69) is 30.6 Å². The summed E-state index contributed by atoms with van der Waals surface area (Å²) in [5.41, 5.74) is 11.0. The lowest BCUT2D eigenvalue weighted by Gasteiger charge is -2.38. The van der Waals surface area contributed by atoms with E-state index in [9.17, 15) is 18.4 Å². The molecule has 2 fully saturated rings. The zero-order valence-corrected chi connectivity index (χ0v) is 20.0. The normalized spacial score (nSPS) is 18.1. The van der Waals surface area contributed by atoms with E-state index in [1.165, 1.54) is 18.3 Å². The number of nitrogens with two attached hydrogens (primary N) is 2. The Morgan fingerprint density at radius 2 is 1.97 bits per heavy atom. The molecule has 2 aliphatic rings. The molecule has 12 nitrogen and oxygen atoms in total. The fraction of sp³-hybridized carbons (Fsp3) is 0.429. The van der Waals surface area contributed by atoms with Crippen molar-refractivity contribution >= 4 is 41.0 Å². The first kappa shape index (κ1) is 25.3. The smallest absolute Gasteiger partial charge is 0.302 e. The Morgan fingerprint density at radius 3 is 2.61 bits per heavy atom. The maximum absolute atomic E-state index is 12.9. The molecule has 4 rings (SSSR count). The first-order chi connectivity index (χ1) is 16.9. The van der Waals surface area contributed by atoms with E-state index >= 15 is 0 Å². The van der Waals surface area contributed by atoms with Gasteiger partial charge in [-0.2, -0.15) is 4.99 Å². The van der Waals surface area contributed by atoms with Gasteiger partial charge >= 0.3 is 5.91 Å². The van der Waals surface area contributed by atoms with Crippen LogP contribution in [0.15, 0.2) is 23.3 Å². The zero-order valence-electron chi connectivity index (χ0n) is 19.2. The number of carbonyl (C=O) groups is 2. The Balaban J connectivity index is 1.33. The number of guanidine groups is 1. The molecule has 0 unspecified atom stereocenters. The van der Waals surface area contributed by atoms with Crippen LogP contribution in [0.3, 0.4) is 0 Å². The van der Waals surface area contributed by atoms with Crippen LogP contribution in [0.4, 0.5) is 20.4 Å². The minimum absolute atomic E-state index is 0.0160. The number of amides is 2. The number of nitrogens with one attached hydrogen (secondary N) is 2. The first-order valence-electron chi connectivity index (χ1n) is 10.9. The molecule has 192 valence electrons. The summed E-state index contributed by atoms with van der Waals surface area (Å²) in [6.07, 6.45) is 2.49. The van der Waals surface area contributed by atoms with E-state index in [1.807, 2.05) is 0 Å². The largest absolute Gasteiger partial charge is 0.471 e. The van der Waals surface area contributed by atoms with Crippen molar-refractivity contribution < 1.29 is 23.1 Å². The molecule has 2 aromatic heterocycles. The molecule has 2 aromatic rings. The first-order valence-corrected chi connectivity index (χ1v) is 11.3. The maximum atomic E-state index is 12.9. The Hall–Kier alpha value is -3.81. The van der Waals surface area contributed by atoms with Gasteiger partial charge in [-0.3, -0.25) is 9.59 Å². The maximum Gasteiger partial charge on any atom is 0.302 e. The molecular formula is C21H24ClF2N9O3. The Morgan fingerprint density at radius 1 is 1.25 bits per heavy atom. The van der Waals surface area contributed by atoms with E-state index in [0.717, 1.165) is 6.92 Å². The molecule has 15 heteroatoms. The van der Waals surface area contributed by atoms with Crippen LogP contribution in [0.1, 0.15) is 40.6 Å². The average molecular weight is 524 g/mol. The highest BCUT2D eigenvalue weighted by molar-refractivity contribution is 6.31. The van der Waals surface area contributed by atoms with Crippen molar-refractivity contribution in [1.82, 2.24) is 30.5 Å². The topological polar surface area (TPSA) is 174 Å². The Bertz CT molecular complexity index is 1200. The number of nitrogens with zero attached hydrogens (tertiary/aromatic N) is 5. The van der Waals surface area contributed by atoms with Crippen molar-refractivity contribution in [2.24, 2.45) is 4.99 Å². The van der Waals surface area contributed by atoms with E-state index in [0.29, 0.717) is 38.0 Å². The molecule has 0 bridgehead atoms. The van der Waals surface area contributed by atoms with Gasteiger partial charge in [0, 0.05) is 38.8 Å². The lowest BCUT2D eigenvalue weighted by Crippen LogP contribution is -2.53. The van der Waals surface area contributed by atoms with Crippen LogP contribution in [-0.2, 0) is 0 Å². The fourth-order valence-electron chi connectivity index (χ4n) is 3.83. The lowest BCUT2D eigenvalue weighted by atomic mass is 9.88. The quantitative estimate of drug-likeness (QED) is 0.444. The lowest BCUT2D eigenvalue weighted by molar-refractivity contribution is -0.0242. The molecule has 2 aliphatic heterocycles. The molecule has 0 aromatic carbocycles. The number of ether oxygens (including phenoxy) is 1. The Kier molecular flexibility index (Phi) is 6.80. The summed E-state index contributed by atoms with van der Waals surface area (Å²) in [4.78, 5) is 42.6. The van der Waals surface area contributed by atoms with Gasteiger partial charge in [0.25, 0.3) is 11.8 Å². The van der Waals surface area contributed by atoms with Crippen molar-refractivity contribution in [2.45, 2.75) is 31.2 Å². The molecule has 0 aliphatic carbocycles. The van der Waals surface area contributed by atoms with Crippen LogP contribution < -0.4 is 26.8 Å². The highest BCUT2D eigenvalue weighted by Gasteiger charge is 2.41. The predicted octanol–water partition coefficient (Wildman–Crippen LogP) is 1.09. The van der Waals surface area contributed by atoms with Crippen LogP contribution in [0.5, 0.6) is 5.88 Å². The van der Waals surface area contributed by atoms with Crippen molar-refractivity contribution in [3.05, 3.63) is 34.7 Å². The highest BCUT2D eigenvalue weighted by Crippen LogP contribution is 2.26. The van der Waals surface area contributed by atoms with Crippen molar-refractivity contribution in [3.63, 3.8) is 0 Å². The minimum atomic E-state index is -2.98. The molecule has 2 saturated heterocycles. The third-order valence-electron chi connectivity index (χ3n) is 5.76. The molecule has 36 heavy (non-hydrogen) atoms. The van der Waals surface area contributed by atoms with E-state index in [-0.39, 0.29) is 40.2 Å². The van der Waals surface area contributed by atoms with Gasteiger partial charge in [-0.25, -0.2) is 23.7 Å². The summed E-state index contributed by atoms with van der Waals surface area (Å²) in [5, 5.41) is 6.14. The standard InChI is InChI=1S/C21H24ClF2N9O3/c1-20(23,24)10-36-12-3-2-11(8-27-12)18(35)33-6-4-21(5-7-33)9-28-19(32-21)31-17(34)13-15(25)30-16(26)14(22)29-13/h2-3,8H,4-7,9-10H2,1H3,(H4,25,26,30)(H2,28,31,32,34). The van der Waals surface area contributed by atoms with Gasteiger partial charge in [-0.05, 0) is 18.9 Å². The van der Waals surface area contributed by atoms with Gasteiger partial charge in [0.2, 0.25) is 5.88 Å². The van der Waals surface area contributed by atoms with E-state index in [4.69, 9.17) is 27.8 Å². The number of alkyl halides is 2. The summed E-state index contributed by atoms with van der Waals surface area (Å²) in [6.45, 7) is 1.34. The van der Waals surface area contributed by atoms with Crippen LogP contribution in [-0.4, -0.2) is 75.3 Å². The second-order valence-corrected chi connectivity index (χ2v) is 9.05. The van der Waals surface area contributed by atoms with Gasteiger partial charge < -0.3 is 31.7 Å². The number of aliphatic imine (C=N–C) groups is 1. The number of nitrogen functional groups attached to an aromatic ring is 2. The number of rotatable bonds is 5. The number of pyridine rings is 1. The summed E-state index contributed by atoms with van der Waals surface area (Å²) in [7, 11) is 0. The average Bonchev–Trinajstić information content (AvgIpc) is 3.21. The van der Waals surface area contributed by atoms with Crippen LogP contribution in [0.25, 0.3) is 0 Å². The molecular weight excluding hydrogens is 500 g/mol. The number of piperidine rings is 1. The number of aromatic nitrogens is 3. The van der Waals surface area contributed by atoms with Gasteiger partial charge in [0.15, 0.2) is 35.0 Å². The second kappa shape index (κ2) is 9.68. The fourth-order valence-corrected chi connectivity index (χ4v) is 3.96. The third kappa shape index (κ3) is 5.70. The van der Waals surface area contributed by atoms with Crippen LogP contribution in [0, 0.1) is 0 Å². The minimum Gasteiger partial charge on any atom is -0.471 e. The van der Waals surface area contributed by atoms with Crippen LogP contribution >= 0.6 is 11.6 Å². The molecule has 4 heterocycles. The van der Waals surface area contributed by atoms with Crippen molar-refractivity contribution in [2.75, 3.05) is 37.7 Å². The Labute approximate surface area is 209 Å². The molecule has 0 saturated carbocycles. The number of carbonyl (C=O) groups excluding carboxylic acids is 2. The number of hydrogen-bond acceptors (Lipinski definition) is 8. The van der Waals surface area contributed by atoms with Gasteiger partial charge in [-0.1, -0.05) is 11.6 Å². The van der Waals surface area contributed by atoms with E-state index < -0.39 is 24.0 Å². The van der Waals surface area contributed by atoms with Crippen molar-refractivity contribution in [1.29, 1.82) is 0 Å². The summed E-state index contributed by atoms with van der Waals surface area (Å²) in [6, 6.07) is 2.88. The molecule has 0 radical (unpaired) electrons. The number of halogens is 3. The SMILES string of the molecule is CC(F)(F)COc1ccc(C(=O)N2CCC3(CC2)CN/C(=N\C(=O)c2nc(Cl)c(N)nc2N)N3)cn1. The van der Waals surface area contributed by atoms with Crippen LogP contribution in [0.2, 0.25) is 5.15 Å². The monoisotopic (exact) mass is 523 g/mol. The van der Waals surface area contributed by atoms with Gasteiger partial charge in [-0.15, -0.1) is 0 Å². The third-order valence-corrected chi connectivity index (χ3v) is 6.04. The predicted molar refractivity (Wildman–Crippen MR) is 127 cm³/mol. The van der Waals surface area contributed by atoms with Gasteiger partial charge in [0.05, 0.1) is 11.1 Å². The molecule has 2 amide bonds. The number of likely N-dealkylation sites (tertiary alicyclic amines) is 1. The zero-order chi connectivity index (χ0) is 26.1. The van der Waals surface area contributed by atoms with E-state index in [1.54, 1.807) is 4.90 Å². The summed E-state index contributed by atoms with van der Waals surface area (Å²) < 4.78 is 30.8. The van der Waals surface area contributed by atoms with Crippen molar-refractivity contribution in [3.8, 4) is 5.88 Å². The van der Waals surface area contributed by atoms with Gasteiger partial charge in [0.1, 0.15) is 0 Å². The molecule has 0 atom stereocenters. The summed E-state index contributed by atoms with van der Waals surface area (Å²) in [5.74, 6) is -3.93. The molecule has 1 spiro atoms. The second-order valence-electron chi connectivity index (χ2n) is 8.69. The highest BCUT2D eigenvalue weighted by atomic mass is 35.5. The number of hydrogen-bond donors (Lipinski definition) is 4.